The molecular weight excluding hydrogens is 396 g/mol. The Morgan fingerprint density at radius 3 is 2.29 bits per heavy atom. The molecule has 2 heterocycles. The lowest BCUT2D eigenvalue weighted by atomic mass is 10.2. The second-order valence-electron chi connectivity index (χ2n) is 6.21. The van der Waals surface area contributed by atoms with Crippen LogP contribution in [0.1, 0.15) is 31.4 Å². The number of likely N-dealkylation sites (N-methyl/N-ethyl adjacent to an activating group) is 1. The molecule has 1 aliphatic heterocycles. The smallest absolute Gasteiger partial charge is 0.290 e. The molecule has 1 aromatic heterocycles. The molecule has 8 heteroatoms. The summed E-state index contributed by atoms with van der Waals surface area (Å²) >= 11 is 0. The number of hydrogen-bond donors (Lipinski definition) is 5. The molecule has 0 bridgehead atoms. The Bertz CT molecular complexity index is 648. The summed E-state index contributed by atoms with van der Waals surface area (Å²) in [5, 5.41) is 21.7. The molecule has 1 saturated heterocycles. The minimum Gasteiger partial charge on any atom is -0.497 e. The fraction of sp³-hybridized carbons (Fsp3) is 0.478. The number of carbonyl (C=O) groups is 1. The van der Waals surface area contributed by atoms with Crippen LogP contribution in [0.3, 0.4) is 0 Å². The third-order valence-corrected chi connectivity index (χ3v) is 3.80. The summed E-state index contributed by atoms with van der Waals surface area (Å²) < 4.78 is 4.97. The van der Waals surface area contributed by atoms with Crippen LogP contribution in [0.5, 0.6) is 5.75 Å². The number of aromatic nitrogens is 1. The van der Waals surface area contributed by atoms with Gasteiger partial charge in [0.05, 0.1) is 13.2 Å². The molecule has 1 fully saturated rings. The number of β-amino-alcohol motifs (C(OH)–C–C–N with tert-alkyl or cyclic N) is 1. The molecule has 31 heavy (non-hydrogen) atoms. The van der Waals surface area contributed by atoms with Crippen LogP contribution < -0.4 is 21.1 Å². The van der Waals surface area contributed by atoms with Gasteiger partial charge in [-0.15, -0.1) is 0 Å². The lowest BCUT2D eigenvalue weighted by Gasteiger charge is -1.99. The van der Waals surface area contributed by atoms with Crippen LogP contribution >= 0.6 is 0 Å². The van der Waals surface area contributed by atoms with E-state index in [0.29, 0.717) is 5.82 Å². The molecule has 1 aromatic carbocycles. The van der Waals surface area contributed by atoms with Gasteiger partial charge in [-0.05, 0) is 69.7 Å². The summed E-state index contributed by atoms with van der Waals surface area (Å²) in [4.78, 5) is 12.3. The van der Waals surface area contributed by atoms with Gasteiger partial charge in [0, 0.05) is 12.7 Å². The van der Waals surface area contributed by atoms with Crippen LogP contribution in [-0.2, 0) is 11.2 Å². The number of nitrogen functional groups attached to an aromatic ring is 1. The Hall–Kier alpha value is -2.68. The fourth-order valence-corrected chi connectivity index (χ4v) is 2.23. The van der Waals surface area contributed by atoms with E-state index >= 15 is 0 Å². The second-order valence-corrected chi connectivity index (χ2v) is 6.21. The molecule has 8 nitrogen and oxygen atoms in total. The third-order valence-electron chi connectivity index (χ3n) is 3.80. The van der Waals surface area contributed by atoms with Crippen LogP contribution in [0.25, 0.3) is 0 Å². The molecule has 1 atom stereocenters. The Balaban J connectivity index is 0. The Morgan fingerprint density at radius 1 is 1.29 bits per heavy atom. The summed E-state index contributed by atoms with van der Waals surface area (Å²) in [6, 6.07) is 11.8. The number of aliphatic hydroxyl groups is 1. The first-order valence-corrected chi connectivity index (χ1v) is 10.4. The number of aryl methyl sites for hydroxylation is 1. The minimum atomic E-state index is -0.250. The molecule has 1 aliphatic rings. The number of nitrogens with one attached hydrogen (secondary N) is 2. The maximum Gasteiger partial charge on any atom is 0.290 e. The number of rotatable bonds is 4. The van der Waals surface area contributed by atoms with Gasteiger partial charge in [-0.3, -0.25) is 4.79 Å². The summed E-state index contributed by atoms with van der Waals surface area (Å²) in [5.74, 6) is 1.51. The van der Waals surface area contributed by atoms with Crippen LogP contribution in [0.15, 0.2) is 42.6 Å². The van der Waals surface area contributed by atoms with Crippen molar-refractivity contribution < 1.29 is 19.7 Å². The summed E-state index contributed by atoms with van der Waals surface area (Å²) in [7, 11) is 3.61. The molecule has 6 N–H and O–H groups in total. The first-order chi connectivity index (χ1) is 15.0. The highest BCUT2D eigenvalue weighted by Crippen LogP contribution is 2.09. The maximum atomic E-state index is 8.67. The van der Waals surface area contributed by atoms with Gasteiger partial charge in [0.2, 0.25) is 0 Å². The molecule has 0 amide bonds. The van der Waals surface area contributed by atoms with E-state index in [1.165, 1.54) is 11.1 Å². The molecule has 0 spiro atoms. The molecule has 1 unspecified atom stereocenters. The summed E-state index contributed by atoms with van der Waals surface area (Å²) in [5.41, 5.74) is 7.99. The third kappa shape index (κ3) is 19.1. The zero-order valence-electron chi connectivity index (χ0n) is 19.5. The SMILES string of the molecule is CC.CNCCc1ccnc(N)c1.COc1ccc(C)cc1.O=CO.OC1CCNC1. The van der Waals surface area contributed by atoms with Crippen molar-refractivity contribution in [3.8, 4) is 5.75 Å². The van der Waals surface area contributed by atoms with E-state index in [-0.39, 0.29) is 12.6 Å². The fourth-order valence-electron chi connectivity index (χ4n) is 2.23. The number of aliphatic hydroxyl groups excluding tert-OH is 1. The van der Waals surface area contributed by atoms with Crippen LogP contribution in [0.4, 0.5) is 5.82 Å². The van der Waals surface area contributed by atoms with Gasteiger partial charge in [0.15, 0.2) is 0 Å². The van der Waals surface area contributed by atoms with Gasteiger partial charge in [0.25, 0.3) is 6.47 Å². The number of ether oxygens (including phenoxy) is 1. The minimum absolute atomic E-state index is 0.0648. The number of nitrogens with zero attached hydrogens (tertiary/aromatic N) is 1. The van der Waals surface area contributed by atoms with Gasteiger partial charge >= 0.3 is 0 Å². The average molecular weight is 437 g/mol. The van der Waals surface area contributed by atoms with Crippen molar-refractivity contribution in [2.45, 2.75) is 39.7 Å². The number of pyridine rings is 1. The highest BCUT2D eigenvalue weighted by Gasteiger charge is 2.08. The lowest BCUT2D eigenvalue weighted by Crippen LogP contribution is -2.11. The predicted octanol–water partition coefficient (Wildman–Crippen LogP) is 2.50. The normalized spacial score (nSPS) is 13.4. The van der Waals surface area contributed by atoms with Crippen molar-refractivity contribution in [1.82, 2.24) is 15.6 Å². The van der Waals surface area contributed by atoms with E-state index in [1.807, 2.05) is 57.3 Å². The van der Waals surface area contributed by atoms with E-state index in [0.717, 1.165) is 38.2 Å². The van der Waals surface area contributed by atoms with Crippen LogP contribution in [-0.4, -0.2) is 61.6 Å². The van der Waals surface area contributed by atoms with E-state index in [4.69, 9.17) is 25.5 Å². The number of nitrogens with two attached hydrogens (primary N) is 1. The average Bonchev–Trinajstić information content (AvgIpc) is 3.27. The highest BCUT2D eigenvalue weighted by atomic mass is 16.5. The Kier molecular flexibility index (Phi) is 21.7. The van der Waals surface area contributed by atoms with E-state index < -0.39 is 0 Å². The Morgan fingerprint density at radius 2 is 1.90 bits per heavy atom. The second kappa shape index (κ2) is 22.0. The predicted molar refractivity (Wildman–Crippen MR) is 128 cm³/mol. The van der Waals surface area contributed by atoms with Crippen molar-refractivity contribution >= 4 is 12.3 Å². The first kappa shape index (κ1) is 30.5. The summed E-state index contributed by atoms with van der Waals surface area (Å²) in [6.45, 7) is 8.56. The molecule has 3 rings (SSSR count). The largest absolute Gasteiger partial charge is 0.497 e. The van der Waals surface area contributed by atoms with Gasteiger partial charge < -0.3 is 31.3 Å². The number of anilines is 1. The molecule has 2 aromatic rings. The van der Waals surface area contributed by atoms with Gasteiger partial charge in [-0.25, -0.2) is 4.98 Å². The number of methoxy groups -OCH3 is 1. The van der Waals surface area contributed by atoms with Gasteiger partial charge in [-0.1, -0.05) is 31.5 Å². The monoisotopic (exact) mass is 436 g/mol. The Labute approximate surface area is 186 Å². The molecule has 0 saturated carbocycles. The van der Waals surface area contributed by atoms with Crippen molar-refractivity contribution in [3.05, 3.63) is 53.7 Å². The zero-order valence-corrected chi connectivity index (χ0v) is 19.5. The van der Waals surface area contributed by atoms with Crippen molar-refractivity contribution in [2.75, 3.05) is 39.5 Å². The van der Waals surface area contributed by atoms with Gasteiger partial charge in [-0.2, -0.15) is 0 Å². The first-order valence-electron chi connectivity index (χ1n) is 10.4. The standard InChI is InChI=1S/C8H13N3.C8H10O.C4H9NO.C2H6.CH2O2/c1-10-4-2-7-3-5-11-8(9)6-7;1-7-3-5-8(9-2)6-4-7;6-4-1-2-5-3-4;1-2;2-1-3/h3,5-6,10H,2,4H2,1H3,(H2,9,11);3-6H,1-2H3;4-6H,1-3H2;1-2H3;1H,(H,2,3). The van der Waals surface area contributed by atoms with E-state index in [1.54, 1.807) is 13.3 Å². The maximum absolute atomic E-state index is 8.67. The topological polar surface area (TPSA) is 130 Å². The molecular formula is C23H40N4O4. The quantitative estimate of drug-likeness (QED) is 0.462. The molecule has 176 valence electrons. The zero-order chi connectivity index (χ0) is 23.9. The van der Waals surface area contributed by atoms with Crippen molar-refractivity contribution in [1.29, 1.82) is 0 Å². The molecule has 0 radical (unpaired) electrons. The lowest BCUT2D eigenvalue weighted by molar-refractivity contribution is -0.122. The number of benzene rings is 1. The van der Waals surface area contributed by atoms with E-state index in [2.05, 4.69) is 22.5 Å². The van der Waals surface area contributed by atoms with Crippen LogP contribution in [0, 0.1) is 6.92 Å². The summed E-state index contributed by atoms with van der Waals surface area (Å²) in [6.07, 6.45) is 3.61. The highest BCUT2D eigenvalue weighted by molar-refractivity contribution is 5.32. The van der Waals surface area contributed by atoms with Crippen LogP contribution in [0.2, 0.25) is 0 Å². The van der Waals surface area contributed by atoms with Crippen molar-refractivity contribution in [2.24, 2.45) is 0 Å². The number of carboxylic acid groups (broad SMARTS) is 1. The number of hydrogen-bond acceptors (Lipinski definition) is 7. The van der Waals surface area contributed by atoms with E-state index in [9.17, 15) is 0 Å². The molecule has 0 aliphatic carbocycles. The van der Waals surface area contributed by atoms with Crippen molar-refractivity contribution in [3.63, 3.8) is 0 Å². The van der Waals surface area contributed by atoms with Gasteiger partial charge in [0.1, 0.15) is 11.6 Å².